The summed E-state index contributed by atoms with van der Waals surface area (Å²) in [5.41, 5.74) is 4.78. The lowest BCUT2D eigenvalue weighted by Crippen LogP contribution is -2.05. The zero-order valence-corrected chi connectivity index (χ0v) is 13.2. The second-order valence-corrected chi connectivity index (χ2v) is 5.88. The maximum atomic E-state index is 6.57. The molecule has 2 heteroatoms. The van der Waals surface area contributed by atoms with Crippen molar-refractivity contribution in [3.05, 3.63) is 64.7 Å². The fraction of sp³-hybridized carbons (Fsp3) is 0.333. The van der Waals surface area contributed by atoms with Crippen LogP contribution in [-0.2, 0) is 0 Å². The Morgan fingerprint density at radius 1 is 0.850 bits per heavy atom. The predicted octanol–water partition coefficient (Wildman–Crippen LogP) is 5.42. The summed E-state index contributed by atoms with van der Waals surface area (Å²) in [5, 5.41) is -0.123. The van der Waals surface area contributed by atoms with Crippen LogP contribution in [0, 0.1) is 13.8 Å². The van der Waals surface area contributed by atoms with Crippen LogP contribution in [-0.4, -0.2) is 6.10 Å². The normalized spacial score (nSPS) is 12.5. The molecular weight excluding hydrogens is 268 g/mol. The summed E-state index contributed by atoms with van der Waals surface area (Å²) in [6, 6.07) is 14.4. The number of halogens is 1. The number of alkyl halides is 1. The maximum absolute atomic E-state index is 6.57. The van der Waals surface area contributed by atoms with Gasteiger partial charge in [0.1, 0.15) is 5.75 Å². The lowest BCUT2D eigenvalue weighted by atomic mass is 10.00. The van der Waals surface area contributed by atoms with Crippen molar-refractivity contribution >= 4 is 11.6 Å². The Morgan fingerprint density at radius 2 is 1.45 bits per heavy atom. The molecule has 0 N–H and O–H groups in total. The van der Waals surface area contributed by atoms with E-state index in [0.29, 0.717) is 0 Å². The van der Waals surface area contributed by atoms with E-state index in [1.165, 1.54) is 11.1 Å². The fourth-order valence-electron chi connectivity index (χ4n) is 2.10. The molecule has 1 unspecified atom stereocenters. The Bertz CT molecular complexity index is 572. The van der Waals surface area contributed by atoms with Gasteiger partial charge >= 0.3 is 0 Å². The molecule has 0 aliphatic heterocycles. The monoisotopic (exact) mass is 288 g/mol. The number of aryl methyl sites for hydroxylation is 2. The number of hydrogen-bond donors (Lipinski definition) is 0. The molecule has 1 atom stereocenters. The first-order valence-electron chi connectivity index (χ1n) is 6.95. The summed E-state index contributed by atoms with van der Waals surface area (Å²) in [6.45, 7) is 8.27. The average Bonchev–Trinajstić information content (AvgIpc) is 2.41. The van der Waals surface area contributed by atoms with Gasteiger partial charge in [-0.3, -0.25) is 0 Å². The number of ether oxygens (including phenoxy) is 1. The SMILES string of the molecule is Cc1ccc(C(Cl)c2ccc(OC(C)C)cc2)cc1C. The third-order valence-electron chi connectivity index (χ3n) is 3.37. The van der Waals surface area contributed by atoms with Gasteiger partial charge in [-0.1, -0.05) is 30.3 Å². The van der Waals surface area contributed by atoms with E-state index in [0.717, 1.165) is 16.9 Å². The Hall–Kier alpha value is -1.47. The molecule has 2 aromatic rings. The summed E-state index contributed by atoms with van der Waals surface area (Å²) < 4.78 is 5.65. The largest absolute Gasteiger partial charge is 0.491 e. The summed E-state index contributed by atoms with van der Waals surface area (Å²) >= 11 is 6.57. The van der Waals surface area contributed by atoms with Gasteiger partial charge in [0.25, 0.3) is 0 Å². The van der Waals surface area contributed by atoms with Gasteiger partial charge in [0.2, 0.25) is 0 Å². The van der Waals surface area contributed by atoms with E-state index in [1.54, 1.807) is 0 Å². The van der Waals surface area contributed by atoms with Crippen molar-refractivity contribution in [2.75, 3.05) is 0 Å². The van der Waals surface area contributed by atoms with Gasteiger partial charge in [0.15, 0.2) is 0 Å². The third kappa shape index (κ3) is 3.55. The van der Waals surface area contributed by atoms with Crippen molar-refractivity contribution in [3.63, 3.8) is 0 Å². The van der Waals surface area contributed by atoms with E-state index in [-0.39, 0.29) is 11.5 Å². The highest BCUT2D eigenvalue weighted by molar-refractivity contribution is 6.22. The quantitative estimate of drug-likeness (QED) is 0.683. The molecule has 0 amide bonds. The van der Waals surface area contributed by atoms with E-state index in [2.05, 4.69) is 32.0 Å². The van der Waals surface area contributed by atoms with Gasteiger partial charge < -0.3 is 4.74 Å². The van der Waals surface area contributed by atoms with Gasteiger partial charge in [-0.2, -0.15) is 0 Å². The van der Waals surface area contributed by atoms with Crippen LogP contribution in [0.25, 0.3) is 0 Å². The van der Waals surface area contributed by atoms with Gasteiger partial charge in [0.05, 0.1) is 11.5 Å². The van der Waals surface area contributed by atoms with Crippen LogP contribution in [0.5, 0.6) is 5.75 Å². The van der Waals surface area contributed by atoms with Crippen LogP contribution in [0.4, 0.5) is 0 Å². The molecule has 1 nitrogen and oxygen atoms in total. The van der Waals surface area contributed by atoms with Gasteiger partial charge in [0, 0.05) is 0 Å². The van der Waals surface area contributed by atoms with Crippen LogP contribution in [0.1, 0.15) is 41.5 Å². The fourth-order valence-corrected chi connectivity index (χ4v) is 2.38. The Morgan fingerprint density at radius 3 is 2.00 bits per heavy atom. The molecule has 0 bridgehead atoms. The molecule has 2 rings (SSSR count). The minimum atomic E-state index is -0.123. The van der Waals surface area contributed by atoms with Crippen molar-refractivity contribution in [2.24, 2.45) is 0 Å². The first kappa shape index (κ1) is 14.9. The number of hydrogen-bond acceptors (Lipinski definition) is 1. The third-order valence-corrected chi connectivity index (χ3v) is 3.87. The zero-order valence-electron chi connectivity index (χ0n) is 12.5. The zero-order chi connectivity index (χ0) is 14.7. The first-order chi connectivity index (χ1) is 9.47. The number of benzene rings is 2. The highest BCUT2D eigenvalue weighted by Crippen LogP contribution is 2.31. The Balaban J connectivity index is 2.20. The molecular formula is C18H21ClO. The van der Waals surface area contributed by atoms with Crippen molar-refractivity contribution in [2.45, 2.75) is 39.2 Å². The molecule has 2 aromatic carbocycles. The highest BCUT2D eigenvalue weighted by atomic mass is 35.5. The van der Waals surface area contributed by atoms with Crippen molar-refractivity contribution < 1.29 is 4.74 Å². The van der Waals surface area contributed by atoms with Crippen LogP contribution >= 0.6 is 11.6 Å². The van der Waals surface area contributed by atoms with Crippen LogP contribution < -0.4 is 4.74 Å². The Kier molecular flexibility index (Phi) is 4.72. The molecule has 0 aromatic heterocycles. The van der Waals surface area contributed by atoms with E-state index in [1.807, 2.05) is 38.1 Å². The minimum absolute atomic E-state index is 0.123. The molecule has 0 spiro atoms. The molecule has 0 saturated carbocycles. The number of rotatable bonds is 4. The minimum Gasteiger partial charge on any atom is -0.491 e. The summed E-state index contributed by atoms with van der Waals surface area (Å²) in [5.74, 6) is 0.882. The van der Waals surface area contributed by atoms with Gasteiger partial charge in [-0.15, -0.1) is 11.6 Å². The summed E-state index contributed by atoms with van der Waals surface area (Å²) in [7, 11) is 0. The maximum Gasteiger partial charge on any atom is 0.119 e. The van der Waals surface area contributed by atoms with E-state index in [4.69, 9.17) is 16.3 Å². The second kappa shape index (κ2) is 6.32. The standard InChI is InChI=1S/C18H21ClO/c1-12(2)20-17-9-7-15(8-10-17)18(19)16-6-5-13(3)14(4)11-16/h5-12,18H,1-4H3. The van der Waals surface area contributed by atoms with E-state index in [9.17, 15) is 0 Å². The van der Waals surface area contributed by atoms with Crippen molar-refractivity contribution in [1.29, 1.82) is 0 Å². The van der Waals surface area contributed by atoms with Crippen molar-refractivity contribution in [1.82, 2.24) is 0 Å². The lowest BCUT2D eigenvalue weighted by molar-refractivity contribution is 0.242. The van der Waals surface area contributed by atoms with Crippen LogP contribution in [0.15, 0.2) is 42.5 Å². The summed E-state index contributed by atoms with van der Waals surface area (Å²) in [4.78, 5) is 0. The Labute approximate surface area is 126 Å². The second-order valence-electron chi connectivity index (χ2n) is 5.44. The lowest BCUT2D eigenvalue weighted by Gasteiger charge is -2.14. The van der Waals surface area contributed by atoms with Crippen LogP contribution in [0.3, 0.4) is 0 Å². The molecule has 0 radical (unpaired) electrons. The molecule has 0 aliphatic rings. The van der Waals surface area contributed by atoms with Crippen LogP contribution in [0.2, 0.25) is 0 Å². The predicted molar refractivity (Wildman–Crippen MR) is 85.8 cm³/mol. The van der Waals surface area contributed by atoms with E-state index < -0.39 is 0 Å². The molecule has 0 saturated heterocycles. The molecule has 106 valence electrons. The molecule has 0 aliphatic carbocycles. The highest BCUT2D eigenvalue weighted by Gasteiger charge is 2.11. The molecule has 0 heterocycles. The van der Waals surface area contributed by atoms with Gasteiger partial charge in [-0.05, 0) is 62.1 Å². The average molecular weight is 289 g/mol. The van der Waals surface area contributed by atoms with Gasteiger partial charge in [-0.25, -0.2) is 0 Å². The van der Waals surface area contributed by atoms with Crippen molar-refractivity contribution in [3.8, 4) is 5.75 Å². The van der Waals surface area contributed by atoms with E-state index >= 15 is 0 Å². The molecule has 20 heavy (non-hydrogen) atoms. The topological polar surface area (TPSA) is 9.23 Å². The summed E-state index contributed by atoms with van der Waals surface area (Å²) in [6.07, 6.45) is 0.187. The first-order valence-corrected chi connectivity index (χ1v) is 7.39. The molecule has 0 fully saturated rings. The smallest absolute Gasteiger partial charge is 0.119 e.